The number of rotatable bonds is 7. The molecule has 2 aromatic heterocycles. The summed E-state index contributed by atoms with van der Waals surface area (Å²) in [7, 11) is 0. The number of benzene rings is 2. The van der Waals surface area contributed by atoms with Crippen LogP contribution in [0.2, 0.25) is 0 Å². The topological polar surface area (TPSA) is 116 Å². The second-order valence-corrected chi connectivity index (χ2v) is 7.91. The molecule has 1 amide bonds. The number of nitro groups is 1. The van der Waals surface area contributed by atoms with Crippen LogP contribution in [0, 0.1) is 10.1 Å². The molecule has 4 rings (SSSR count). The molecule has 2 heterocycles. The van der Waals surface area contributed by atoms with Crippen LogP contribution < -0.4 is 5.43 Å². The van der Waals surface area contributed by atoms with Crippen molar-refractivity contribution in [3.05, 3.63) is 75.3 Å². The van der Waals surface area contributed by atoms with Gasteiger partial charge in [-0.25, -0.2) is 5.43 Å². The fourth-order valence-corrected chi connectivity index (χ4v) is 4.26. The zero-order valence-electron chi connectivity index (χ0n) is 17.0. The Hall–Kier alpha value is -4.05. The molecule has 0 aliphatic heterocycles. The van der Waals surface area contributed by atoms with Gasteiger partial charge in [-0.1, -0.05) is 18.2 Å². The van der Waals surface area contributed by atoms with Crippen LogP contribution in [-0.4, -0.2) is 34.2 Å². The molecule has 0 aliphatic carbocycles. The van der Waals surface area contributed by atoms with Crippen molar-refractivity contribution in [1.82, 2.24) is 9.99 Å². The van der Waals surface area contributed by atoms with E-state index in [4.69, 9.17) is 4.74 Å². The molecular weight excluding hydrogens is 432 g/mol. The first kappa shape index (κ1) is 21.2. The molecule has 0 unspecified atom stereocenters. The van der Waals surface area contributed by atoms with Gasteiger partial charge in [-0.05, 0) is 25.1 Å². The fraction of sp³-hybridized carbons (Fsp3) is 0.136. The molecule has 32 heavy (non-hydrogen) atoms. The molecule has 0 saturated heterocycles. The average Bonchev–Trinajstić information content (AvgIpc) is 3.35. The number of amides is 1. The maximum atomic E-state index is 12.5. The van der Waals surface area contributed by atoms with E-state index in [0.29, 0.717) is 16.9 Å². The number of ether oxygens (including phenoxy) is 1. The first-order valence-electron chi connectivity index (χ1n) is 9.71. The molecule has 162 valence electrons. The summed E-state index contributed by atoms with van der Waals surface area (Å²) in [5.41, 5.74) is 4.04. The van der Waals surface area contributed by atoms with Crippen molar-refractivity contribution in [2.45, 2.75) is 13.5 Å². The van der Waals surface area contributed by atoms with Crippen molar-refractivity contribution in [1.29, 1.82) is 0 Å². The minimum Gasteiger partial charge on any atom is -0.465 e. The Kier molecular flexibility index (Phi) is 5.95. The largest absolute Gasteiger partial charge is 0.465 e. The summed E-state index contributed by atoms with van der Waals surface area (Å²) in [6, 6.07) is 13.6. The molecule has 10 heteroatoms. The standard InChI is InChI=1S/C22H18N4O5S/c1-2-31-21(27)13-25-12-15(17-5-3-4-6-18(17)25)11-23-24-22(28)20-10-14-9-16(26(29)30)7-8-19(14)32-20/h3-12H,2,13H2,1H3,(H,24,28). The predicted octanol–water partition coefficient (Wildman–Crippen LogP) is 4.09. The van der Waals surface area contributed by atoms with E-state index in [9.17, 15) is 19.7 Å². The summed E-state index contributed by atoms with van der Waals surface area (Å²) in [5, 5.41) is 16.5. The van der Waals surface area contributed by atoms with Gasteiger partial charge in [0.2, 0.25) is 0 Å². The predicted molar refractivity (Wildman–Crippen MR) is 122 cm³/mol. The van der Waals surface area contributed by atoms with E-state index < -0.39 is 10.8 Å². The number of carbonyl (C=O) groups excluding carboxylic acids is 2. The molecule has 1 N–H and O–H groups in total. The average molecular weight is 450 g/mol. The van der Waals surface area contributed by atoms with Crippen LogP contribution >= 0.6 is 11.3 Å². The van der Waals surface area contributed by atoms with Gasteiger partial charge in [0.1, 0.15) is 6.54 Å². The monoisotopic (exact) mass is 450 g/mol. The van der Waals surface area contributed by atoms with Gasteiger partial charge in [-0.15, -0.1) is 11.3 Å². The number of carbonyl (C=O) groups is 2. The van der Waals surface area contributed by atoms with Crippen molar-refractivity contribution in [3.8, 4) is 0 Å². The van der Waals surface area contributed by atoms with Gasteiger partial charge in [-0.2, -0.15) is 5.10 Å². The molecule has 2 aromatic carbocycles. The van der Waals surface area contributed by atoms with Gasteiger partial charge in [-0.3, -0.25) is 19.7 Å². The third-order valence-electron chi connectivity index (χ3n) is 4.73. The highest BCUT2D eigenvalue weighted by molar-refractivity contribution is 7.20. The molecule has 0 radical (unpaired) electrons. The Morgan fingerprint density at radius 3 is 2.84 bits per heavy atom. The highest BCUT2D eigenvalue weighted by atomic mass is 32.1. The molecule has 0 bridgehead atoms. The number of fused-ring (bicyclic) bond motifs is 2. The highest BCUT2D eigenvalue weighted by Gasteiger charge is 2.14. The summed E-state index contributed by atoms with van der Waals surface area (Å²) in [5.74, 6) is -0.754. The van der Waals surface area contributed by atoms with E-state index >= 15 is 0 Å². The van der Waals surface area contributed by atoms with Gasteiger partial charge >= 0.3 is 5.97 Å². The second kappa shape index (κ2) is 8.98. The van der Waals surface area contributed by atoms with Crippen LogP contribution in [0.1, 0.15) is 22.2 Å². The van der Waals surface area contributed by atoms with Gasteiger partial charge in [0.05, 0.1) is 22.6 Å². The molecule has 0 aliphatic rings. The third kappa shape index (κ3) is 4.35. The Bertz CT molecular complexity index is 1370. The number of hydrogen-bond acceptors (Lipinski definition) is 7. The number of nitrogens with one attached hydrogen (secondary N) is 1. The summed E-state index contributed by atoms with van der Waals surface area (Å²) in [6.45, 7) is 2.14. The number of para-hydroxylation sites is 1. The minimum atomic E-state index is -0.473. The van der Waals surface area contributed by atoms with E-state index in [1.54, 1.807) is 29.8 Å². The summed E-state index contributed by atoms with van der Waals surface area (Å²) in [4.78, 5) is 35.2. The zero-order valence-corrected chi connectivity index (χ0v) is 17.8. The molecule has 9 nitrogen and oxygen atoms in total. The van der Waals surface area contributed by atoms with Crippen LogP contribution in [0.3, 0.4) is 0 Å². The van der Waals surface area contributed by atoms with E-state index in [-0.39, 0.29) is 18.2 Å². The first-order chi connectivity index (χ1) is 15.5. The lowest BCUT2D eigenvalue weighted by Crippen LogP contribution is -2.16. The van der Waals surface area contributed by atoms with Gasteiger partial charge in [0.15, 0.2) is 0 Å². The van der Waals surface area contributed by atoms with Crippen molar-refractivity contribution in [3.63, 3.8) is 0 Å². The first-order valence-corrected chi connectivity index (χ1v) is 10.5. The maximum absolute atomic E-state index is 12.5. The summed E-state index contributed by atoms with van der Waals surface area (Å²) >= 11 is 1.23. The smallest absolute Gasteiger partial charge is 0.325 e. The number of nitro benzene ring substituents is 1. The number of esters is 1. The van der Waals surface area contributed by atoms with Crippen molar-refractivity contribution < 1.29 is 19.2 Å². The van der Waals surface area contributed by atoms with Crippen LogP contribution in [-0.2, 0) is 16.1 Å². The lowest BCUT2D eigenvalue weighted by molar-refractivity contribution is -0.384. The van der Waals surface area contributed by atoms with Crippen molar-refractivity contribution in [2.24, 2.45) is 5.10 Å². The molecule has 4 aromatic rings. The minimum absolute atomic E-state index is 0.0283. The summed E-state index contributed by atoms with van der Waals surface area (Å²) in [6.07, 6.45) is 3.29. The van der Waals surface area contributed by atoms with E-state index in [1.165, 1.54) is 29.7 Å². The van der Waals surface area contributed by atoms with Gasteiger partial charge in [0.25, 0.3) is 11.6 Å². The summed E-state index contributed by atoms with van der Waals surface area (Å²) < 4.78 is 7.57. The molecule has 0 saturated carbocycles. The van der Waals surface area contributed by atoms with Crippen LogP contribution in [0.25, 0.3) is 21.0 Å². The normalized spacial score (nSPS) is 11.3. The molecule has 0 spiro atoms. The third-order valence-corrected chi connectivity index (χ3v) is 5.84. The number of thiophene rings is 1. The van der Waals surface area contributed by atoms with Gasteiger partial charge in [0, 0.05) is 44.9 Å². The zero-order chi connectivity index (χ0) is 22.7. The quantitative estimate of drug-likeness (QED) is 0.197. The van der Waals surface area contributed by atoms with E-state index in [0.717, 1.165) is 21.2 Å². The van der Waals surface area contributed by atoms with Gasteiger partial charge < -0.3 is 9.30 Å². The fourth-order valence-electron chi connectivity index (χ4n) is 3.33. The van der Waals surface area contributed by atoms with Crippen LogP contribution in [0.15, 0.2) is 59.8 Å². The maximum Gasteiger partial charge on any atom is 0.325 e. The number of hydrogen-bond donors (Lipinski definition) is 1. The Labute approximate surface area is 186 Å². The number of nitrogens with zero attached hydrogens (tertiary/aromatic N) is 3. The van der Waals surface area contributed by atoms with Crippen molar-refractivity contribution >= 4 is 56.1 Å². The lowest BCUT2D eigenvalue weighted by atomic mass is 10.2. The second-order valence-electron chi connectivity index (χ2n) is 6.82. The highest BCUT2D eigenvalue weighted by Crippen LogP contribution is 2.29. The lowest BCUT2D eigenvalue weighted by Gasteiger charge is -2.04. The van der Waals surface area contributed by atoms with E-state index in [1.807, 2.05) is 24.3 Å². The number of non-ortho nitro benzene ring substituents is 1. The Balaban J connectivity index is 1.52. The number of aromatic nitrogens is 1. The SMILES string of the molecule is CCOC(=O)Cn1cc(C=NNC(=O)c2cc3cc([N+](=O)[O-])ccc3s2)c2ccccc21. The Morgan fingerprint density at radius 2 is 2.06 bits per heavy atom. The van der Waals surface area contributed by atoms with Crippen molar-refractivity contribution in [2.75, 3.05) is 6.61 Å². The number of hydrazone groups is 1. The van der Waals surface area contributed by atoms with Crippen LogP contribution in [0.4, 0.5) is 5.69 Å². The molecule has 0 atom stereocenters. The van der Waals surface area contributed by atoms with E-state index in [2.05, 4.69) is 10.5 Å². The molecular formula is C22H18N4O5S. The molecule has 0 fully saturated rings. The van der Waals surface area contributed by atoms with Crippen LogP contribution in [0.5, 0.6) is 0 Å². The Morgan fingerprint density at radius 1 is 1.25 bits per heavy atom.